The zero-order valence-corrected chi connectivity index (χ0v) is 59.3. The highest BCUT2D eigenvalue weighted by molar-refractivity contribution is 7.22. The summed E-state index contributed by atoms with van der Waals surface area (Å²) in [6.45, 7) is 23.8. The van der Waals surface area contributed by atoms with E-state index in [1.165, 1.54) is 45.9 Å². The van der Waals surface area contributed by atoms with Crippen LogP contribution in [0, 0.1) is 20.8 Å². The molecule has 8 rings (SSSR count). The summed E-state index contributed by atoms with van der Waals surface area (Å²) in [6.07, 6.45) is -3.25. The number of aromatic nitrogens is 2. The van der Waals surface area contributed by atoms with E-state index in [1.807, 2.05) is 32.0 Å². The number of furan rings is 2. The molecule has 0 spiro atoms. The maximum atomic E-state index is 14.1. The molecule has 0 aliphatic heterocycles. The molecular weight excluding hydrogens is 1400 g/mol. The van der Waals surface area contributed by atoms with Crippen molar-refractivity contribution in [2.75, 3.05) is 26.4 Å². The summed E-state index contributed by atoms with van der Waals surface area (Å²) in [5.41, 5.74) is 4.18. The third-order valence-electron chi connectivity index (χ3n) is 14.7. The van der Waals surface area contributed by atoms with Crippen LogP contribution in [-0.2, 0) is 102 Å². The molecule has 0 aliphatic carbocycles. The van der Waals surface area contributed by atoms with E-state index < -0.39 is 147 Å². The van der Waals surface area contributed by atoms with Crippen LogP contribution >= 0.6 is 22.7 Å². The van der Waals surface area contributed by atoms with Crippen LogP contribution in [0.15, 0.2) is 114 Å². The van der Waals surface area contributed by atoms with E-state index in [2.05, 4.69) is 26.3 Å². The van der Waals surface area contributed by atoms with Crippen molar-refractivity contribution in [2.45, 2.75) is 131 Å². The summed E-state index contributed by atoms with van der Waals surface area (Å²) in [7, 11) is 0. The van der Waals surface area contributed by atoms with E-state index in [4.69, 9.17) is 75.6 Å². The summed E-state index contributed by atoms with van der Waals surface area (Å²) in [4.78, 5) is 162. The Bertz CT molecular complexity index is 4700. The van der Waals surface area contributed by atoms with Crippen LogP contribution in [0.4, 0.5) is 0 Å². The number of benzene rings is 4. The van der Waals surface area contributed by atoms with Gasteiger partial charge in [0.25, 0.3) is 0 Å². The minimum absolute atomic E-state index is 0.0188. The van der Waals surface area contributed by atoms with Crippen molar-refractivity contribution in [3.63, 3.8) is 0 Å². The smallest absolute Gasteiger partial charge is 0.330 e. The average molecular weight is 1470 g/mol. The third-order valence-corrected chi connectivity index (χ3v) is 16.9. The molecule has 30 heteroatoms. The first kappa shape index (κ1) is 78.1. The minimum atomic E-state index is -0.903. The second kappa shape index (κ2) is 36.3. The van der Waals surface area contributed by atoms with Crippen LogP contribution in [0.2, 0.25) is 0 Å². The van der Waals surface area contributed by atoms with E-state index in [0.29, 0.717) is 33.4 Å². The Morgan fingerprint density at radius 3 is 1.32 bits per heavy atom. The molecule has 0 aliphatic rings. The summed E-state index contributed by atoms with van der Waals surface area (Å²) in [6, 6.07) is 15.0. The van der Waals surface area contributed by atoms with Gasteiger partial charge in [-0.3, -0.25) is 38.4 Å². The highest BCUT2D eigenvalue weighted by Gasteiger charge is 2.29. The molecule has 0 radical (unpaired) electrons. The van der Waals surface area contributed by atoms with Crippen LogP contribution in [0.5, 0.6) is 23.0 Å². The van der Waals surface area contributed by atoms with E-state index in [-0.39, 0.29) is 97.6 Å². The van der Waals surface area contributed by atoms with Gasteiger partial charge in [-0.2, -0.15) is 0 Å². The minimum Gasteiger partial charge on any atom is -0.462 e. The van der Waals surface area contributed by atoms with Gasteiger partial charge in [0.05, 0.1) is 51.4 Å². The van der Waals surface area contributed by atoms with Crippen molar-refractivity contribution in [3.05, 3.63) is 133 Å². The molecule has 104 heavy (non-hydrogen) atoms. The standard InChI is InChI=1S/C74H72N2O26S2/c1-12-56(77)89-34-44(11)96-63(84)24-25-65(86)100-50-17-16-49(99-64(85)21-18-60(81)90-35-41(8)93-57(78)13-2)68-71(50)103-73(75-68)54-33-48-40(7)28-45(30-52(48)98-54)29-46-31-53(101-66(87)22-19-61(82)91-36-42(9)94-58(79)14-3)72-69(76-74(104-72)55-32-47-39(6)26-38(5)27-51(47)97-55)70(46)102-67(88)23-20-62(83)92-37-43(10)95-59(80)15-4/h12-17,26-28,30-33,41-44H,1-4,18-25,29,34-37H2,5-11H3. The molecule has 4 unspecified atom stereocenters. The first-order valence-corrected chi connectivity index (χ1v) is 33.9. The van der Waals surface area contributed by atoms with Gasteiger partial charge in [-0.05, 0) is 113 Å². The lowest BCUT2D eigenvalue weighted by molar-refractivity contribution is -0.156. The summed E-state index contributed by atoms with van der Waals surface area (Å²) >= 11 is 2.02. The zero-order valence-electron chi connectivity index (χ0n) is 57.7. The van der Waals surface area contributed by atoms with Crippen molar-refractivity contribution in [3.8, 4) is 44.5 Å². The fourth-order valence-corrected chi connectivity index (χ4v) is 11.9. The molecular formula is C74H72N2O26S2. The summed E-state index contributed by atoms with van der Waals surface area (Å²) in [5, 5.41) is 1.84. The van der Waals surface area contributed by atoms with Crippen molar-refractivity contribution in [1.29, 1.82) is 0 Å². The summed E-state index contributed by atoms with van der Waals surface area (Å²) in [5.74, 6) is -9.44. The number of hydrogen-bond acceptors (Lipinski definition) is 30. The highest BCUT2D eigenvalue weighted by atomic mass is 32.1. The Labute approximate surface area is 601 Å². The lowest BCUT2D eigenvalue weighted by atomic mass is 9.99. The molecule has 0 saturated carbocycles. The SMILES string of the molecule is C=CC(=O)OCC(C)OC(=O)CCC(=O)Oc1ccc(OC(=O)CCC(=O)OCC(C)OC(=O)C=C)c2nc(-c3cc4c(C)cc(Cc5cc(OC(=O)CCC(=O)OCC(C)OC(=O)C=C)c6sc(-c7cc8c(C)cc(C)cc8o7)nc6c5OC(=O)CCC(=O)OCC(C)OC(=O)C=C)cc4o3)sc12. The molecule has 28 nitrogen and oxygen atoms in total. The predicted molar refractivity (Wildman–Crippen MR) is 373 cm³/mol. The van der Waals surface area contributed by atoms with E-state index in [9.17, 15) is 57.5 Å². The molecule has 0 fully saturated rings. The van der Waals surface area contributed by atoms with Crippen LogP contribution in [0.1, 0.15) is 107 Å². The topological polar surface area (TPSA) is 368 Å². The lowest BCUT2D eigenvalue weighted by Gasteiger charge is -2.15. The van der Waals surface area contributed by atoms with Crippen molar-refractivity contribution < 1.29 is 123 Å². The van der Waals surface area contributed by atoms with Crippen molar-refractivity contribution in [2.24, 2.45) is 0 Å². The number of thiazole rings is 2. The molecule has 546 valence electrons. The number of fused-ring (bicyclic) bond motifs is 4. The van der Waals surface area contributed by atoms with Gasteiger partial charge in [-0.25, -0.2) is 29.1 Å². The normalized spacial score (nSPS) is 12.2. The van der Waals surface area contributed by atoms with Crippen LogP contribution in [0.3, 0.4) is 0 Å². The first-order valence-electron chi connectivity index (χ1n) is 32.3. The Morgan fingerprint density at radius 2 is 0.817 bits per heavy atom. The maximum absolute atomic E-state index is 14.1. The van der Waals surface area contributed by atoms with E-state index in [0.717, 1.165) is 63.5 Å². The Balaban J connectivity index is 1.14. The maximum Gasteiger partial charge on any atom is 0.330 e. The molecule has 4 aromatic carbocycles. The largest absolute Gasteiger partial charge is 0.462 e. The average Bonchev–Trinajstić information content (AvgIpc) is 1.59. The number of rotatable bonds is 36. The first-order chi connectivity index (χ1) is 49.6. The van der Waals surface area contributed by atoms with Crippen molar-refractivity contribution >= 4 is 137 Å². The lowest BCUT2D eigenvalue weighted by Crippen LogP contribution is -2.22. The number of aryl methyl sites for hydroxylation is 3. The summed E-state index contributed by atoms with van der Waals surface area (Å²) < 4.78 is 78.1. The molecule has 4 atom stereocenters. The van der Waals surface area contributed by atoms with Gasteiger partial charge >= 0.3 is 71.6 Å². The Kier molecular flexibility index (Phi) is 27.2. The van der Waals surface area contributed by atoms with E-state index in [1.54, 1.807) is 25.1 Å². The molecule has 0 saturated heterocycles. The fourth-order valence-electron chi connectivity index (χ4n) is 9.91. The fraction of sp³-hybridized carbons (Fsp3) is 0.324. The van der Waals surface area contributed by atoms with Gasteiger partial charge in [0.1, 0.15) is 82.4 Å². The molecule has 4 heterocycles. The highest BCUT2D eigenvalue weighted by Crippen LogP contribution is 2.47. The van der Waals surface area contributed by atoms with Crippen LogP contribution in [-0.4, -0.2) is 132 Å². The predicted octanol–water partition coefficient (Wildman–Crippen LogP) is 11.6. The number of carbonyl (C=O) groups excluding carboxylic acids is 12. The molecule has 0 bridgehead atoms. The van der Waals surface area contributed by atoms with Gasteiger partial charge < -0.3 is 65.7 Å². The van der Waals surface area contributed by atoms with Gasteiger partial charge in [-0.1, -0.05) is 38.4 Å². The molecule has 8 aromatic rings. The quantitative estimate of drug-likeness (QED) is 0.0152. The zero-order chi connectivity index (χ0) is 75.5. The van der Waals surface area contributed by atoms with Crippen molar-refractivity contribution in [1.82, 2.24) is 9.97 Å². The van der Waals surface area contributed by atoms with Gasteiger partial charge in [0.2, 0.25) is 0 Å². The number of esters is 12. The monoisotopic (exact) mass is 1470 g/mol. The van der Waals surface area contributed by atoms with Gasteiger partial charge in [-0.15, -0.1) is 22.7 Å². The molecule has 0 N–H and O–H groups in total. The van der Waals surface area contributed by atoms with Crippen LogP contribution < -0.4 is 18.9 Å². The molecule has 4 aromatic heterocycles. The number of carbonyl (C=O) groups is 12. The van der Waals surface area contributed by atoms with Gasteiger partial charge in [0, 0.05) is 47.1 Å². The number of ether oxygens (including phenoxy) is 12. The number of nitrogens with zero attached hydrogens (tertiary/aromatic N) is 2. The second-order valence-electron chi connectivity index (χ2n) is 23.5. The Hall–Kier alpha value is -11.7. The third kappa shape index (κ3) is 21.9. The van der Waals surface area contributed by atoms with Crippen LogP contribution in [0.25, 0.3) is 63.9 Å². The molecule has 0 amide bonds. The Morgan fingerprint density at radius 1 is 0.423 bits per heavy atom. The van der Waals surface area contributed by atoms with Gasteiger partial charge in [0.15, 0.2) is 44.5 Å². The second-order valence-corrected chi connectivity index (χ2v) is 25.5. The number of hydrogen-bond donors (Lipinski definition) is 0. The van der Waals surface area contributed by atoms with E-state index >= 15 is 0 Å².